The van der Waals surface area contributed by atoms with Crippen LogP contribution in [0.3, 0.4) is 0 Å². The highest BCUT2D eigenvalue weighted by Crippen LogP contribution is 2.30. The maximum Gasteiger partial charge on any atom is -0.0175 e. The third-order valence-corrected chi connectivity index (χ3v) is 15.2. The van der Waals surface area contributed by atoms with Gasteiger partial charge in [0.1, 0.15) is 0 Å². The summed E-state index contributed by atoms with van der Waals surface area (Å²) in [6, 6.07) is 132. The first-order valence-electron chi connectivity index (χ1n) is 31.0. The van der Waals surface area contributed by atoms with E-state index in [1.807, 2.05) is 42.5 Å². The molecular weight excluding hydrogens is 1080 g/mol. The molecule has 14 aromatic carbocycles. The predicted octanol–water partition coefficient (Wildman–Crippen LogP) is 25.3. The van der Waals surface area contributed by atoms with E-state index in [1.165, 1.54) is 122 Å². The van der Waals surface area contributed by atoms with E-state index in [1.54, 1.807) is 0 Å². The van der Waals surface area contributed by atoms with E-state index in [4.69, 9.17) is 0 Å². The lowest BCUT2D eigenvalue weighted by Crippen LogP contribution is -1.84. The summed E-state index contributed by atoms with van der Waals surface area (Å²) in [5, 5.41) is 0. The van der Waals surface area contributed by atoms with Gasteiger partial charge >= 0.3 is 0 Å². The van der Waals surface area contributed by atoms with Crippen molar-refractivity contribution in [2.75, 3.05) is 0 Å². The molecule has 0 saturated carbocycles. The summed E-state index contributed by atoms with van der Waals surface area (Å²) in [6.07, 6.45) is 0. The topological polar surface area (TPSA) is 0 Å². The van der Waals surface area contributed by atoms with Crippen LogP contribution in [0.15, 0.2) is 376 Å². The number of hydrogen-bond donors (Lipinski definition) is 0. The third-order valence-electron chi connectivity index (χ3n) is 15.2. The van der Waals surface area contributed by atoms with Gasteiger partial charge in [-0.2, -0.15) is 0 Å². The Kier molecular flexibility index (Phi) is 23.9. The Bertz CT molecular complexity index is 4240. The first-order valence-corrected chi connectivity index (χ1v) is 31.0. The molecule has 0 aliphatic carbocycles. The zero-order valence-electron chi connectivity index (χ0n) is 52.8. The summed E-state index contributed by atoms with van der Waals surface area (Å²) >= 11 is 0. The van der Waals surface area contributed by atoms with Crippen molar-refractivity contribution in [1.29, 1.82) is 0 Å². The summed E-state index contributed by atoms with van der Waals surface area (Å²) in [6.45, 7) is 12.7. The SMILES string of the molecule is Cc1cc(-c2ccccc2)cc(-c2ccccc2)c1.Cc1ccc(-c2ccc(-c3ccccc3)cc2)cc1.Cc1ccc(-c2ccccc2)cc1.Cc1cccc(-c2ccc(-c3ccccc3)cc2)c1.Cc1cccc(-c2ccccc2)c1.Cc1ccccc1. The van der Waals surface area contributed by atoms with Gasteiger partial charge in [0.05, 0.1) is 0 Å². The van der Waals surface area contributed by atoms with Gasteiger partial charge in [0, 0.05) is 0 Å². The van der Waals surface area contributed by atoms with Crippen molar-refractivity contribution in [3.8, 4) is 89.0 Å². The van der Waals surface area contributed by atoms with E-state index < -0.39 is 0 Å². The summed E-state index contributed by atoms with van der Waals surface area (Å²) in [5.41, 5.74) is 28.2. The van der Waals surface area contributed by atoms with Crippen LogP contribution in [0, 0.1) is 41.5 Å². The lowest BCUT2D eigenvalue weighted by Gasteiger charge is -2.08. The van der Waals surface area contributed by atoms with Crippen LogP contribution in [-0.2, 0) is 0 Å². The standard InChI is InChI=1S/3C19H16.2C13H12.C7H8/c1-15-12-18(16-8-4-2-5-9-16)14-19(13-15)17-10-6-3-7-11-17;1-15-6-5-9-19(14-15)18-12-10-17(11-13-18)16-7-3-2-4-8-16;1-15-7-9-17(10-8-15)19-13-11-18(12-14-19)16-5-3-2-4-6-16;1-11-6-5-9-13(10-11)12-7-3-2-4-8-12;1-11-7-9-13(10-8-11)12-5-3-2-4-6-12;1-7-5-3-2-4-6-7/h3*2-14H,1H3;2*2-10H,1H3;2-6H,1H3. The normalized spacial score (nSPS) is 10.1. The van der Waals surface area contributed by atoms with Gasteiger partial charge in [0.15, 0.2) is 0 Å². The van der Waals surface area contributed by atoms with Crippen LogP contribution in [0.25, 0.3) is 89.0 Å². The molecule has 0 amide bonds. The van der Waals surface area contributed by atoms with Crippen LogP contribution in [0.2, 0.25) is 0 Å². The molecule has 0 nitrogen and oxygen atoms in total. The van der Waals surface area contributed by atoms with Gasteiger partial charge in [0.25, 0.3) is 0 Å². The molecule has 0 saturated heterocycles. The van der Waals surface area contributed by atoms with Crippen LogP contribution >= 0.6 is 0 Å². The zero-order chi connectivity index (χ0) is 62.5. The molecule has 0 heterocycles. The zero-order valence-corrected chi connectivity index (χ0v) is 52.8. The second-order valence-corrected chi connectivity index (χ2v) is 22.6. The molecule has 0 aromatic heterocycles. The summed E-state index contributed by atoms with van der Waals surface area (Å²) in [5.74, 6) is 0. The van der Waals surface area contributed by atoms with Crippen molar-refractivity contribution in [1.82, 2.24) is 0 Å². The second kappa shape index (κ2) is 33.8. The lowest BCUT2D eigenvalue weighted by atomic mass is 9.97. The molecule has 14 rings (SSSR count). The first-order chi connectivity index (χ1) is 44.1. The van der Waals surface area contributed by atoms with Crippen molar-refractivity contribution in [3.63, 3.8) is 0 Å². The minimum absolute atomic E-state index is 1.26. The summed E-state index contributed by atoms with van der Waals surface area (Å²) < 4.78 is 0. The van der Waals surface area contributed by atoms with Crippen molar-refractivity contribution < 1.29 is 0 Å². The minimum atomic E-state index is 1.26. The van der Waals surface area contributed by atoms with Crippen LogP contribution in [0.4, 0.5) is 0 Å². The summed E-state index contributed by atoms with van der Waals surface area (Å²) in [4.78, 5) is 0. The monoisotopic (exact) mass is 1160 g/mol. The molecule has 0 fully saturated rings. The summed E-state index contributed by atoms with van der Waals surface area (Å²) in [7, 11) is 0. The van der Waals surface area contributed by atoms with E-state index in [2.05, 4.69) is 375 Å². The molecular formula is C90H80. The molecule has 0 atom stereocenters. The number of rotatable bonds is 8. The molecule has 440 valence electrons. The van der Waals surface area contributed by atoms with Crippen LogP contribution < -0.4 is 0 Å². The van der Waals surface area contributed by atoms with Gasteiger partial charge in [-0.1, -0.05) is 398 Å². The van der Waals surface area contributed by atoms with E-state index in [0.29, 0.717) is 0 Å². The van der Waals surface area contributed by atoms with Gasteiger partial charge < -0.3 is 0 Å². The highest BCUT2D eigenvalue weighted by molar-refractivity contribution is 5.75. The molecule has 0 heteroatoms. The Labute approximate surface area is 536 Å². The predicted molar refractivity (Wildman–Crippen MR) is 391 cm³/mol. The van der Waals surface area contributed by atoms with Crippen molar-refractivity contribution >= 4 is 0 Å². The fourth-order valence-electron chi connectivity index (χ4n) is 10.3. The number of benzene rings is 14. The number of aryl methyl sites for hydroxylation is 6. The highest BCUT2D eigenvalue weighted by Gasteiger charge is 2.05. The molecule has 0 bridgehead atoms. The Hall–Kier alpha value is -10.9. The molecule has 0 N–H and O–H groups in total. The maximum absolute atomic E-state index is 2.26. The van der Waals surface area contributed by atoms with Gasteiger partial charge in [-0.3, -0.25) is 0 Å². The van der Waals surface area contributed by atoms with Gasteiger partial charge in [-0.25, -0.2) is 0 Å². The average Bonchev–Trinajstić information content (AvgIpc) is 2.87. The fraction of sp³-hybridized carbons (Fsp3) is 0.0667. The molecule has 0 aliphatic rings. The minimum Gasteiger partial charge on any atom is -0.0622 e. The second-order valence-electron chi connectivity index (χ2n) is 22.6. The molecule has 90 heavy (non-hydrogen) atoms. The van der Waals surface area contributed by atoms with E-state index in [0.717, 1.165) is 0 Å². The molecule has 0 unspecified atom stereocenters. The Morgan fingerprint density at radius 2 is 0.267 bits per heavy atom. The molecule has 0 radical (unpaired) electrons. The number of hydrogen-bond acceptors (Lipinski definition) is 0. The van der Waals surface area contributed by atoms with Crippen LogP contribution in [-0.4, -0.2) is 0 Å². The van der Waals surface area contributed by atoms with Crippen molar-refractivity contribution in [3.05, 3.63) is 409 Å². The Balaban J connectivity index is 0.000000131. The first kappa shape index (κ1) is 63.6. The Morgan fingerprint density at radius 3 is 0.511 bits per heavy atom. The largest absolute Gasteiger partial charge is 0.0622 e. The molecule has 0 aliphatic heterocycles. The average molecular weight is 1160 g/mol. The molecule has 0 spiro atoms. The fourth-order valence-corrected chi connectivity index (χ4v) is 10.3. The highest BCUT2D eigenvalue weighted by atomic mass is 14.1. The van der Waals surface area contributed by atoms with Crippen LogP contribution in [0.1, 0.15) is 33.4 Å². The van der Waals surface area contributed by atoms with E-state index >= 15 is 0 Å². The van der Waals surface area contributed by atoms with Crippen molar-refractivity contribution in [2.45, 2.75) is 41.5 Å². The maximum atomic E-state index is 2.26. The molecule has 14 aromatic rings. The third kappa shape index (κ3) is 20.1. The van der Waals surface area contributed by atoms with Gasteiger partial charge in [-0.15, -0.1) is 0 Å². The quantitative estimate of drug-likeness (QED) is 0.142. The lowest BCUT2D eigenvalue weighted by molar-refractivity contribution is 1.46. The van der Waals surface area contributed by atoms with Gasteiger partial charge in [0.2, 0.25) is 0 Å². The van der Waals surface area contributed by atoms with E-state index in [9.17, 15) is 0 Å². The van der Waals surface area contributed by atoms with E-state index in [-0.39, 0.29) is 0 Å². The smallest absolute Gasteiger partial charge is 0.0175 e. The van der Waals surface area contributed by atoms with Gasteiger partial charge in [-0.05, 0) is 142 Å². The Morgan fingerprint density at radius 1 is 0.100 bits per heavy atom. The van der Waals surface area contributed by atoms with Crippen molar-refractivity contribution in [2.24, 2.45) is 0 Å². The van der Waals surface area contributed by atoms with Crippen LogP contribution in [0.5, 0.6) is 0 Å².